The lowest BCUT2D eigenvalue weighted by Crippen LogP contribution is -2.15. The fourth-order valence-electron chi connectivity index (χ4n) is 4.69. The van der Waals surface area contributed by atoms with Gasteiger partial charge in [-0.15, -0.1) is 0 Å². The third-order valence-electron chi connectivity index (χ3n) is 6.18. The second-order valence-electron chi connectivity index (χ2n) is 8.00. The first-order valence-electron chi connectivity index (χ1n) is 10.3. The van der Waals surface area contributed by atoms with Crippen molar-refractivity contribution in [3.63, 3.8) is 0 Å². The topological polar surface area (TPSA) is 0 Å². The fourth-order valence-corrected chi connectivity index (χ4v) is 4.69. The van der Waals surface area contributed by atoms with Crippen molar-refractivity contribution in [3.8, 4) is 0 Å². The summed E-state index contributed by atoms with van der Waals surface area (Å²) in [6.45, 7) is 4.31. The lowest BCUT2D eigenvalue weighted by Gasteiger charge is -2.30. The highest BCUT2D eigenvalue weighted by Gasteiger charge is 2.25. The highest BCUT2D eigenvalue weighted by atomic mass is 19.1. The molecular weight excluding hydrogens is 307 g/mol. The quantitative estimate of drug-likeness (QED) is 0.477. The van der Waals surface area contributed by atoms with Gasteiger partial charge in [-0.3, -0.25) is 0 Å². The van der Waals surface area contributed by atoms with Crippen LogP contribution in [0.25, 0.3) is 0 Å². The Hall–Kier alpha value is -1.37. The van der Waals surface area contributed by atoms with E-state index in [0.29, 0.717) is 5.92 Å². The van der Waals surface area contributed by atoms with E-state index in [1.807, 2.05) is 6.07 Å². The van der Waals surface area contributed by atoms with Crippen LogP contribution in [0.2, 0.25) is 0 Å². The van der Waals surface area contributed by atoms with E-state index in [1.165, 1.54) is 48.8 Å². The molecule has 25 heavy (non-hydrogen) atoms. The first-order chi connectivity index (χ1) is 12.2. The van der Waals surface area contributed by atoms with Crippen LogP contribution in [0.1, 0.15) is 87.8 Å². The summed E-state index contributed by atoms with van der Waals surface area (Å²) in [5.41, 5.74) is 5.08. The molecule has 0 radical (unpaired) electrons. The van der Waals surface area contributed by atoms with E-state index in [2.05, 4.69) is 38.1 Å². The van der Waals surface area contributed by atoms with Gasteiger partial charge < -0.3 is 0 Å². The molecule has 2 aliphatic carbocycles. The largest absolute Gasteiger partial charge is 0.207 e. The minimum atomic E-state index is 0.0499. The van der Waals surface area contributed by atoms with Crippen molar-refractivity contribution in [2.24, 2.45) is 5.92 Å². The number of hydrogen-bond donors (Lipinski definition) is 0. The van der Waals surface area contributed by atoms with E-state index in [9.17, 15) is 4.39 Å². The molecule has 0 heterocycles. The van der Waals surface area contributed by atoms with Gasteiger partial charge in [0.05, 0.1) is 0 Å². The van der Waals surface area contributed by atoms with Gasteiger partial charge in [0.25, 0.3) is 0 Å². The predicted octanol–water partition coefficient (Wildman–Crippen LogP) is 7.28. The second kappa shape index (κ2) is 8.83. The van der Waals surface area contributed by atoms with E-state index in [0.717, 1.165) is 43.6 Å². The van der Waals surface area contributed by atoms with Crippen LogP contribution >= 0.6 is 0 Å². The lowest BCUT2D eigenvalue weighted by atomic mass is 9.76. The normalized spacial score (nSPS) is 23.6. The minimum Gasteiger partial charge on any atom is -0.207 e. The van der Waals surface area contributed by atoms with Gasteiger partial charge in [-0.2, -0.15) is 0 Å². The predicted molar refractivity (Wildman–Crippen MR) is 106 cm³/mol. The molecule has 1 fully saturated rings. The van der Waals surface area contributed by atoms with Crippen molar-refractivity contribution in [2.75, 3.05) is 0 Å². The van der Waals surface area contributed by atoms with Crippen LogP contribution in [0, 0.1) is 11.7 Å². The summed E-state index contributed by atoms with van der Waals surface area (Å²) >= 11 is 0. The third-order valence-corrected chi connectivity index (χ3v) is 6.18. The van der Waals surface area contributed by atoms with Gasteiger partial charge in [0.2, 0.25) is 0 Å². The molecule has 0 aromatic heterocycles. The highest BCUT2D eigenvalue weighted by molar-refractivity contribution is 5.41. The smallest absolute Gasteiger partial charge is 0.126 e. The number of halogens is 1. The Labute approximate surface area is 153 Å². The van der Waals surface area contributed by atoms with E-state index in [4.69, 9.17) is 0 Å². The molecule has 0 unspecified atom stereocenters. The molecule has 0 bridgehead atoms. The van der Waals surface area contributed by atoms with Crippen molar-refractivity contribution >= 4 is 0 Å². The Bertz CT molecular complexity index is 630. The Kier molecular flexibility index (Phi) is 6.51. The zero-order chi connectivity index (χ0) is 17.6. The van der Waals surface area contributed by atoms with Gasteiger partial charge in [-0.05, 0) is 99.3 Å². The van der Waals surface area contributed by atoms with Gasteiger partial charge in [0, 0.05) is 0 Å². The molecule has 1 aromatic rings. The van der Waals surface area contributed by atoms with Crippen molar-refractivity contribution in [1.82, 2.24) is 0 Å². The first kappa shape index (κ1) is 18.4. The molecule has 3 rings (SSSR count). The molecule has 1 saturated carbocycles. The average molecular weight is 341 g/mol. The summed E-state index contributed by atoms with van der Waals surface area (Å²) < 4.78 is 14.8. The highest BCUT2D eigenvalue weighted by Crippen LogP contribution is 2.40. The van der Waals surface area contributed by atoms with Crippen LogP contribution in [0.5, 0.6) is 0 Å². The van der Waals surface area contributed by atoms with E-state index in [-0.39, 0.29) is 5.82 Å². The maximum absolute atomic E-state index is 14.8. The van der Waals surface area contributed by atoms with Crippen molar-refractivity contribution in [2.45, 2.75) is 84.0 Å². The Morgan fingerprint density at radius 3 is 2.64 bits per heavy atom. The second-order valence-corrected chi connectivity index (χ2v) is 8.00. The summed E-state index contributed by atoms with van der Waals surface area (Å²) in [6, 6.07) is 4.06. The zero-order valence-electron chi connectivity index (χ0n) is 16.0. The van der Waals surface area contributed by atoms with Crippen molar-refractivity contribution in [1.29, 1.82) is 0 Å². The SMILES string of the molecule is CC=CCCC1CCC(c2cc3c(cc2F)CC(CCC)=CC3)CC1. The Morgan fingerprint density at radius 2 is 1.92 bits per heavy atom. The van der Waals surface area contributed by atoms with Gasteiger partial charge in [0.1, 0.15) is 5.82 Å². The summed E-state index contributed by atoms with van der Waals surface area (Å²) in [5.74, 6) is 1.32. The monoisotopic (exact) mass is 340 g/mol. The summed E-state index contributed by atoms with van der Waals surface area (Å²) in [4.78, 5) is 0. The molecule has 1 heteroatoms. The maximum Gasteiger partial charge on any atom is 0.126 e. The number of rotatable bonds is 6. The molecule has 0 spiro atoms. The Balaban J connectivity index is 1.64. The summed E-state index contributed by atoms with van der Waals surface area (Å²) in [5, 5.41) is 0. The molecule has 0 amide bonds. The van der Waals surface area contributed by atoms with E-state index in [1.54, 1.807) is 0 Å². The summed E-state index contributed by atoms with van der Waals surface area (Å²) in [7, 11) is 0. The van der Waals surface area contributed by atoms with Crippen molar-refractivity contribution < 1.29 is 4.39 Å². The summed E-state index contributed by atoms with van der Waals surface area (Å²) in [6.07, 6.45) is 18.4. The van der Waals surface area contributed by atoms with Gasteiger partial charge in [-0.1, -0.05) is 43.2 Å². The van der Waals surface area contributed by atoms with Crippen LogP contribution in [0.4, 0.5) is 4.39 Å². The van der Waals surface area contributed by atoms with Gasteiger partial charge in [0.15, 0.2) is 0 Å². The molecule has 0 atom stereocenters. The van der Waals surface area contributed by atoms with Crippen LogP contribution in [-0.2, 0) is 12.8 Å². The van der Waals surface area contributed by atoms with E-state index < -0.39 is 0 Å². The van der Waals surface area contributed by atoms with Crippen LogP contribution < -0.4 is 0 Å². The number of fused-ring (bicyclic) bond motifs is 1. The molecule has 2 aliphatic rings. The molecule has 0 saturated heterocycles. The maximum atomic E-state index is 14.8. The molecular formula is C24H33F. The molecule has 1 aromatic carbocycles. The minimum absolute atomic E-state index is 0.0499. The third kappa shape index (κ3) is 4.63. The number of allylic oxidation sites excluding steroid dienone is 4. The first-order valence-corrected chi connectivity index (χ1v) is 10.3. The standard InChI is InChI=1S/C24H33F/c1-3-5-6-8-18-9-12-20(13-10-18)23-16-21-14-11-19(7-4-2)15-22(21)17-24(23)25/h3,5,11,16-18,20H,4,6-10,12-15H2,1-2H3. The van der Waals surface area contributed by atoms with Crippen LogP contribution in [0.15, 0.2) is 35.9 Å². The van der Waals surface area contributed by atoms with Gasteiger partial charge >= 0.3 is 0 Å². The number of hydrogen-bond acceptors (Lipinski definition) is 0. The molecule has 0 nitrogen and oxygen atoms in total. The average Bonchev–Trinajstić information content (AvgIpc) is 2.62. The molecule has 136 valence electrons. The fraction of sp³-hybridized carbons (Fsp3) is 0.583. The van der Waals surface area contributed by atoms with E-state index >= 15 is 0 Å². The van der Waals surface area contributed by atoms with Crippen LogP contribution in [-0.4, -0.2) is 0 Å². The Morgan fingerprint density at radius 1 is 1.12 bits per heavy atom. The van der Waals surface area contributed by atoms with Crippen LogP contribution in [0.3, 0.4) is 0 Å². The van der Waals surface area contributed by atoms with Gasteiger partial charge in [-0.25, -0.2) is 4.39 Å². The van der Waals surface area contributed by atoms with Crippen molar-refractivity contribution in [3.05, 3.63) is 58.4 Å². The lowest BCUT2D eigenvalue weighted by molar-refractivity contribution is 0.308. The number of benzene rings is 1. The molecule has 0 aliphatic heterocycles. The zero-order valence-corrected chi connectivity index (χ0v) is 16.0. The molecule has 0 N–H and O–H groups in total.